The highest BCUT2D eigenvalue weighted by Crippen LogP contribution is 2.53. The second kappa shape index (κ2) is 4.50. The zero-order chi connectivity index (χ0) is 13.6. The van der Waals surface area contributed by atoms with Gasteiger partial charge in [0, 0.05) is 5.41 Å². The maximum absolute atomic E-state index is 10.2. The van der Waals surface area contributed by atoms with E-state index in [0.717, 1.165) is 37.7 Å². The van der Waals surface area contributed by atoms with E-state index in [-0.39, 0.29) is 11.5 Å². The van der Waals surface area contributed by atoms with Crippen molar-refractivity contribution < 1.29 is 10.2 Å². The molecule has 0 radical (unpaired) electrons. The molecule has 0 amide bonds. The average molecular weight is 250 g/mol. The molecule has 2 aliphatic carbocycles. The first kappa shape index (κ1) is 13.8. The summed E-state index contributed by atoms with van der Waals surface area (Å²) in [5.74, 6) is 0.292. The molecule has 0 aromatic rings. The van der Waals surface area contributed by atoms with Gasteiger partial charge in [0.15, 0.2) is 0 Å². The van der Waals surface area contributed by atoms with Gasteiger partial charge >= 0.3 is 0 Å². The Hall–Kier alpha value is -0.600. The SMILES string of the molecule is C=C[C@]12CC[C@@H](C(C)(C)O)CC1=C(C)[C@H](O)CC2. The van der Waals surface area contributed by atoms with Crippen LogP contribution < -0.4 is 0 Å². The molecule has 2 heteroatoms. The fourth-order valence-electron chi connectivity index (χ4n) is 3.71. The van der Waals surface area contributed by atoms with Gasteiger partial charge in [-0.15, -0.1) is 6.58 Å². The van der Waals surface area contributed by atoms with Crippen molar-refractivity contribution in [2.45, 2.75) is 64.6 Å². The topological polar surface area (TPSA) is 40.5 Å². The zero-order valence-electron chi connectivity index (χ0n) is 11.9. The minimum absolute atomic E-state index is 0.0884. The summed E-state index contributed by atoms with van der Waals surface area (Å²) in [5.41, 5.74) is 1.92. The molecule has 0 heterocycles. The molecular weight excluding hydrogens is 224 g/mol. The first-order valence-corrected chi connectivity index (χ1v) is 7.04. The van der Waals surface area contributed by atoms with E-state index >= 15 is 0 Å². The van der Waals surface area contributed by atoms with Gasteiger partial charge in [-0.2, -0.15) is 0 Å². The minimum atomic E-state index is -0.636. The van der Waals surface area contributed by atoms with Gasteiger partial charge in [-0.3, -0.25) is 0 Å². The lowest BCUT2D eigenvalue weighted by atomic mass is 9.58. The maximum atomic E-state index is 10.2. The van der Waals surface area contributed by atoms with Crippen molar-refractivity contribution in [2.75, 3.05) is 0 Å². The molecule has 1 saturated carbocycles. The van der Waals surface area contributed by atoms with E-state index in [1.807, 2.05) is 20.8 Å². The predicted octanol–water partition coefficient (Wildman–Crippen LogP) is 3.20. The van der Waals surface area contributed by atoms with Crippen LogP contribution in [0.4, 0.5) is 0 Å². The molecule has 2 N–H and O–H groups in total. The summed E-state index contributed by atoms with van der Waals surface area (Å²) in [6.45, 7) is 9.87. The van der Waals surface area contributed by atoms with E-state index in [2.05, 4.69) is 12.7 Å². The summed E-state index contributed by atoms with van der Waals surface area (Å²) >= 11 is 0. The molecule has 2 rings (SSSR count). The van der Waals surface area contributed by atoms with Gasteiger partial charge in [0.25, 0.3) is 0 Å². The van der Waals surface area contributed by atoms with E-state index in [1.54, 1.807) is 0 Å². The summed E-state index contributed by atoms with van der Waals surface area (Å²) in [6.07, 6.45) is 6.63. The standard InChI is InChI=1S/C16H26O2/c1-5-16-8-6-12(15(3,4)18)10-13(16)11(2)14(17)7-9-16/h5,12,14,17-18H,1,6-10H2,2-4H3/t12-,14-,16-/m1/s1. The summed E-state index contributed by atoms with van der Waals surface area (Å²) in [7, 11) is 0. The Labute approximate surface area is 110 Å². The first-order chi connectivity index (χ1) is 8.30. The van der Waals surface area contributed by atoms with E-state index in [1.165, 1.54) is 5.57 Å². The van der Waals surface area contributed by atoms with Crippen LogP contribution in [0.25, 0.3) is 0 Å². The number of aliphatic hydroxyl groups is 2. The van der Waals surface area contributed by atoms with Crippen LogP contribution in [0.5, 0.6) is 0 Å². The second-order valence-corrected chi connectivity index (χ2v) is 6.67. The van der Waals surface area contributed by atoms with Crippen LogP contribution >= 0.6 is 0 Å². The van der Waals surface area contributed by atoms with E-state index in [0.29, 0.717) is 5.92 Å². The lowest BCUT2D eigenvalue weighted by Gasteiger charge is -2.48. The summed E-state index contributed by atoms with van der Waals surface area (Å²) in [4.78, 5) is 0. The van der Waals surface area contributed by atoms with E-state index < -0.39 is 5.60 Å². The molecule has 3 atom stereocenters. The van der Waals surface area contributed by atoms with Gasteiger partial charge in [0.2, 0.25) is 0 Å². The fraction of sp³-hybridized carbons (Fsp3) is 0.750. The Morgan fingerprint density at radius 1 is 1.33 bits per heavy atom. The van der Waals surface area contributed by atoms with Crippen molar-refractivity contribution in [3.05, 3.63) is 23.8 Å². The highest BCUT2D eigenvalue weighted by molar-refractivity contribution is 5.33. The zero-order valence-corrected chi connectivity index (χ0v) is 11.9. The van der Waals surface area contributed by atoms with Gasteiger partial charge < -0.3 is 10.2 Å². The quantitative estimate of drug-likeness (QED) is 0.739. The van der Waals surface area contributed by atoms with Crippen LogP contribution in [0.15, 0.2) is 23.8 Å². The highest BCUT2D eigenvalue weighted by Gasteiger charge is 2.44. The van der Waals surface area contributed by atoms with Crippen molar-refractivity contribution in [2.24, 2.45) is 11.3 Å². The Morgan fingerprint density at radius 2 is 1.94 bits per heavy atom. The van der Waals surface area contributed by atoms with Crippen LogP contribution in [0.3, 0.4) is 0 Å². The summed E-state index contributed by atoms with van der Waals surface area (Å²) in [5, 5.41) is 20.3. The monoisotopic (exact) mass is 250 g/mol. The minimum Gasteiger partial charge on any atom is -0.390 e. The molecule has 2 nitrogen and oxygen atoms in total. The number of hydrogen-bond donors (Lipinski definition) is 2. The molecule has 0 spiro atoms. The third-order valence-corrected chi connectivity index (χ3v) is 5.22. The number of hydrogen-bond acceptors (Lipinski definition) is 2. The van der Waals surface area contributed by atoms with Crippen molar-refractivity contribution in [1.82, 2.24) is 0 Å². The van der Waals surface area contributed by atoms with E-state index in [4.69, 9.17) is 0 Å². The van der Waals surface area contributed by atoms with Crippen molar-refractivity contribution in [1.29, 1.82) is 0 Å². The van der Waals surface area contributed by atoms with Crippen LogP contribution in [0.1, 0.15) is 52.9 Å². The molecule has 0 aromatic heterocycles. The summed E-state index contributed by atoms with van der Waals surface area (Å²) in [6, 6.07) is 0. The van der Waals surface area contributed by atoms with Crippen molar-refractivity contribution in [3.63, 3.8) is 0 Å². The Kier molecular flexibility index (Phi) is 3.46. The molecule has 0 bridgehead atoms. The van der Waals surface area contributed by atoms with Crippen molar-refractivity contribution >= 4 is 0 Å². The molecule has 0 unspecified atom stereocenters. The van der Waals surface area contributed by atoms with Crippen LogP contribution in [-0.2, 0) is 0 Å². The number of fused-ring (bicyclic) bond motifs is 1. The Balaban J connectivity index is 2.36. The van der Waals surface area contributed by atoms with Crippen LogP contribution in [0.2, 0.25) is 0 Å². The lowest BCUT2D eigenvalue weighted by molar-refractivity contribution is -0.00428. The van der Waals surface area contributed by atoms with Gasteiger partial charge in [-0.25, -0.2) is 0 Å². The molecule has 1 fully saturated rings. The van der Waals surface area contributed by atoms with Crippen LogP contribution in [-0.4, -0.2) is 21.9 Å². The van der Waals surface area contributed by atoms with Crippen LogP contribution in [0, 0.1) is 11.3 Å². The first-order valence-electron chi connectivity index (χ1n) is 7.04. The average Bonchev–Trinajstić information content (AvgIpc) is 2.32. The molecule has 2 aliphatic rings. The molecule has 102 valence electrons. The van der Waals surface area contributed by atoms with Gasteiger partial charge in [-0.05, 0) is 64.4 Å². The molecule has 18 heavy (non-hydrogen) atoms. The number of allylic oxidation sites excluding steroid dienone is 2. The predicted molar refractivity (Wildman–Crippen MR) is 74.2 cm³/mol. The third kappa shape index (κ3) is 2.17. The van der Waals surface area contributed by atoms with E-state index in [9.17, 15) is 10.2 Å². The molecular formula is C16H26O2. The number of rotatable bonds is 2. The Morgan fingerprint density at radius 3 is 2.50 bits per heavy atom. The highest BCUT2D eigenvalue weighted by atomic mass is 16.3. The van der Waals surface area contributed by atoms with Gasteiger partial charge in [-0.1, -0.05) is 11.6 Å². The smallest absolute Gasteiger partial charge is 0.0750 e. The van der Waals surface area contributed by atoms with Gasteiger partial charge in [0.1, 0.15) is 0 Å². The molecule has 0 aromatic carbocycles. The van der Waals surface area contributed by atoms with Gasteiger partial charge in [0.05, 0.1) is 11.7 Å². The summed E-state index contributed by atoms with van der Waals surface area (Å²) < 4.78 is 0. The normalized spacial score (nSPS) is 37.4. The van der Waals surface area contributed by atoms with Crippen molar-refractivity contribution in [3.8, 4) is 0 Å². The second-order valence-electron chi connectivity index (χ2n) is 6.67. The lowest BCUT2D eigenvalue weighted by Crippen LogP contribution is -2.41. The Bertz CT molecular complexity index is 375. The molecule has 0 aliphatic heterocycles. The molecule has 0 saturated heterocycles. The third-order valence-electron chi connectivity index (χ3n) is 5.22. The number of aliphatic hydroxyl groups excluding tert-OH is 1. The maximum Gasteiger partial charge on any atom is 0.0750 e. The fourth-order valence-corrected chi connectivity index (χ4v) is 3.71. The largest absolute Gasteiger partial charge is 0.390 e.